The first kappa shape index (κ1) is 15.1. The molecule has 1 saturated heterocycles. The van der Waals surface area contributed by atoms with Crippen LogP contribution in [0.4, 0.5) is 11.5 Å². The summed E-state index contributed by atoms with van der Waals surface area (Å²) < 4.78 is 31.2. The summed E-state index contributed by atoms with van der Waals surface area (Å²) in [5.74, 6) is 0.838. The zero-order valence-electron chi connectivity index (χ0n) is 11.6. The first-order chi connectivity index (χ1) is 9.59. The molecule has 0 aliphatic carbocycles. The van der Waals surface area contributed by atoms with Gasteiger partial charge in [-0.3, -0.25) is 4.72 Å². The van der Waals surface area contributed by atoms with E-state index in [0.29, 0.717) is 12.1 Å². The maximum absolute atomic E-state index is 11.6. The number of aromatic nitrogens is 1. The van der Waals surface area contributed by atoms with Crippen LogP contribution >= 0.6 is 0 Å². The van der Waals surface area contributed by atoms with Gasteiger partial charge in [-0.1, -0.05) is 6.92 Å². The van der Waals surface area contributed by atoms with E-state index in [4.69, 9.17) is 4.74 Å². The molecule has 1 atom stereocenters. The second-order valence-corrected chi connectivity index (χ2v) is 6.71. The molecule has 2 rings (SSSR count). The predicted octanol–water partition coefficient (Wildman–Crippen LogP) is 1.82. The van der Waals surface area contributed by atoms with Gasteiger partial charge in [0.05, 0.1) is 23.7 Å². The van der Waals surface area contributed by atoms with Crippen molar-refractivity contribution in [1.82, 2.24) is 4.98 Å². The molecule has 0 spiro atoms. The fourth-order valence-corrected chi connectivity index (χ4v) is 3.20. The average molecular weight is 299 g/mol. The highest BCUT2D eigenvalue weighted by Gasteiger charge is 2.15. The minimum absolute atomic E-state index is 0.117. The van der Waals surface area contributed by atoms with Gasteiger partial charge in [-0.25, -0.2) is 13.4 Å². The Labute approximate surface area is 120 Å². The normalized spacial score (nSPS) is 18.9. The number of hydrogen-bond acceptors (Lipinski definition) is 5. The Bertz CT molecular complexity index is 510. The van der Waals surface area contributed by atoms with Crippen molar-refractivity contribution in [2.45, 2.75) is 32.3 Å². The van der Waals surface area contributed by atoms with Crippen molar-refractivity contribution in [2.75, 3.05) is 28.9 Å². The van der Waals surface area contributed by atoms with Gasteiger partial charge in [0.2, 0.25) is 10.0 Å². The molecule has 0 amide bonds. The molecule has 6 nitrogen and oxygen atoms in total. The Balaban J connectivity index is 1.86. The van der Waals surface area contributed by atoms with Crippen molar-refractivity contribution >= 4 is 21.5 Å². The topological polar surface area (TPSA) is 80.3 Å². The van der Waals surface area contributed by atoms with Gasteiger partial charge in [-0.05, 0) is 31.4 Å². The maximum atomic E-state index is 11.6. The van der Waals surface area contributed by atoms with Crippen LogP contribution in [0.1, 0.15) is 26.2 Å². The van der Waals surface area contributed by atoms with Gasteiger partial charge in [-0.2, -0.15) is 0 Å². The predicted molar refractivity (Wildman–Crippen MR) is 79.4 cm³/mol. The van der Waals surface area contributed by atoms with E-state index < -0.39 is 10.0 Å². The lowest BCUT2D eigenvalue weighted by molar-refractivity contribution is 0.120. The molecule has 1 unspecified atom stereocenters. The fourth-order valence-electron chi connectivity index (χ4n) is 2.08. The molecule has 0 bridgehead atoms. The summed E-state index contributed by atoms with van der Waals surface area (Å²) in [5.41, 5.74) is 0.487. The zero-order chi connectivity index (χ0) is 14.4. The van der Waals surface area contributed by atoms with Gasteiger partial charge < -0.3 is 10.1 Å². The number of nitrogens with one attached hydrogen (secondary N) is 2. The van der Waals surface area contributed by atoms with Crippen LogP contribution in [-0.4, -0.2) is 38.4 Å². The van der Waals surface area contributed by atoms with Gasteiger partial charge in [-0.15, -0.1) is 0 Å². The molecule has 2 heterocycles. The summed E-state index contributed by atoms with van der Waals surface area (Å²) in [7, 11) is -3.25. The van der Waals surface area contributed by atoms with E-state index in [1.807, 2.05) is 6.92 Å². The van der Waals surface area contributed by atoms with Gasteiger partial charge in [0, 0.05) is 13.2 Å². The highest BCUT2D eigenvalue weighted by Crippen LogP contribution is 2.15. The number of ether oxygens (including phenoxy) is 1. The van der Waals surface area contributed by atoms with E-state index in [1.165, 1.54) is 6.20 Å². The van der Waals surface area contributed by atoms with Crippen LogP contribution in [-0.2, 0) is 14.8 Å². The Kier molecular flexibility index (Phi) is 5.19. The molecule has 0 radical (unpaired) electrons. The summed E-state index contributed by atoms with van der Waals surface area (Å²) in [6.45, 7) is 3.39. The van der Waals surface area contributed by atoms with Crippen molar-refractivity contribution in [3.8, 4) is 0 Å². The third-order valence-corrected chi connectivity index (χ3v) is 4.54. The highest BCUT2D eigenvalue weighted by atomic mass is 32.2. The Morgan fingerprint density at radius 2 is 2.30 bits per heavy atom. The van der Waals surface area contributed by atoms with E-state index in [0.717, 1.165) is 31.8 Å². The average Bonchev–Trinajstić information content (AvgIpc) is 2.90. The third-order valence-electron chi connectivity index (χ3n) is 3.04. The van der Waals surface area contributed by atoms with Crippen LogP contribution in [0.2, 0.25) is 0 Å². The monoisotopic (exact) mass is 299 g/mol. The molecule has 2 N–H and O–H groups in total. The van der Waals surface area contributed by atoms with Crippen LogP contribution in [0.3, 0.4) is 0 Å². The molecule has 20 heavy (non-hydrogen) atoms. The molecular weight excluding hydrogens is 278 g/mol. The summed E-state index contributed by atoms with van der Waals surface area (Å²) in [6, 6.07) is 3.47. The van der Waals surface area contributed by atoms with Gasteiger partial charge in [0.25, 0.3) is 0 Å². The molecule has 1 aliphatic rings. The van der Waals surface area contributed by atoms with E-state index >= 15 is 0 Å². The summed E-state index contributed by atoms with van der Waals surface area (Å²) >= 11 is 0. The van der Waals surface area contributed by atoms with Crippen molar-refractivity contribution in [3.05, 3.63) is 18.3 Å². The largest absolute Gasteiger partial charge is 0.376 e. The summed E-state index contributed by atoms with van der Waals surface area (Å²) in [6.07, 6.45) is 4.54. The zero-order valence-corrected chi connectivity index (χ0v) is 12.4. The fraction of sp³-hybridized carbons (Fsp3) is 0.615. The molecule has 7 heteroatoms. The lowest BCUT2D eigenvalue weighted by Crippen LogP contribution is -2.19. The van der Waals surface area contributed by atoms with Crippen LogP contribution in [0.15, 0.2) is 18.3 Å². The first-order valence-corrected chi connectivity index (χ1v) is 8.56. The van der Waals surface area contributed by atoms with E-state index in [2.05, 4.69) is 15.0 Å². The molecule has 1 aromatic heterocycles. The van der Waals surface area contributed by atoms with Crippen LogP contribution in [0.25, 0.3) is 0 Å². The highest BCUT2D eigenvalue weighted by molar-refractivity contribution is 7.92. The van der Waals surface area contributed by atoms with E-state index in [9.17, 15) is 8.42 Å². The number of sulfonamides is 1. The van der Waals surface area contributed by atoms with E-state index in [-0.39, 0.29) is 11.9 Å². The third kappa shape index (κ3) is 4.64. The molecule has 0 saturated carbocycles. The van der Waals surface area contributed by atoms with Crippen LogP contribution < -0.4 is 10.0 Å². The number of rotatable bonds is 7. The molecule has 0 aromatic carbocycles. The standard InChI is InChI=1S/C13H21N3O3S/c1-2-8-20(17,18)16-11-5-6-13(14-9-11)15-10-12-4-3-7-19-12/h5-6,9,12,16H,2-4,7-8,10H2,1H3,(H,14,15). The SMILES string of the molecule is CCCS(=O)(=O)Nc1ccc(NCC2CCCO2)nc1. The maximum Gasteiger partial charge on any atom is 0.232 e. The quantitative estimate of drug-likeness (QED) is 0.803. The van der Waals surface area contributed by atoms with E-state index in [1.54, 1.807) is 12.1 Å². The Morgan fingerprint density at radius 1 is 1.45 bits per heavy atom. The Hall–Kier alpha value is -1.34. The summed E-state index contributed by atoms with van der Waals surface area (Å²) in [4.78, 5) is 4.19. The molecule has 112 valence electrons. The Morgan fingerprint density at radius 3 is 2.90 bits per heavy atom. The van der Waals surface area contributed by atoms with Crippen molar-refractivity contribution in [1.29, 1.82) is 0 Å². The van der Waals surface area contributed by atoms with Crippen molar-refractivity contribution < 1.29 is 13.2 Å². The molecule has 1 aromatic rings. The lowest BCUT2D eigenvalue weighted by Gasteiger charge is -2.12. The molecule has 1 aliphatic heterocycles. The second kappa shape index (κ2) is 6.90. The number of nitrogens with zero attached hydrogens (tertiary/aromatic N) is 1. The second-order valence-electron chi connectivity index (χ2n) is 4.87. The van der Waals surface area contributed by atoms with Crippen LogP contribution in [0, 0.1) is 0 Å². The minimum atomic E-state index is -3.25. The van der Waals surface area contributed by atoms with Crippen LogP contribution in [0.5, 0.6) is 0 Å². The number of hydrogen-bond donors (Lipinski definition) is 2. The van der Waals surface area contributed by atoms with Crippen molar-refractivity contribution in [3.63, 3.8) is 0 Å². The lowest BCUT2D eigenvalue weighted by atomic mass is 10.2. The van der Waals surface area contributed by atoms with Gasteiger partial charge in [0.15, 0.2) is 0 Å². The number of pyridine rings is 1. The van der Waals surface area contributed by atoms with Gasteiger partial charge >= 0.3 is 0 Å². The molecular formula is C13H21N3O3S. The van der Waals surface area contributed by atoms with Gasteiger partial charge in [0.1, 0.15) is 5.82 Å². The molecule has 1 fully saturated rings. The minimum Gasteiger partial charge on any atom is -0.376 e. The summed E-state index contributed by atoms with van der Waals surface area (Å²) in [5, 5.41) is 3.19. The first-order valence-electron chi connectivity index (χ1n) is 6.91. The number of anilines is 2. The smallest absolute Gasteiger partial charge is 0.232 e. The van der Waals surface area contributed by atoms with Crippen molar-refractivity contribution in [2.24, 2.45) is 0 Å².